The summed E-state index contributed by atoms with van der Waals surface area (Å²) in [6.45, 7) is 16.5. The van der Waals surface area contributed by atoms with Gasteiger partial charge in [-0.05, 0) is 70.9 Å². The summed E-state index contributed by atoms with van der Waals surface area (Å²) in [6, 6.07) is 15.3. The van der Waals surface area contributed by atoms with Crippen LogP contribution >= 0.6 is 0 Å². The third-order valence-corrected chi connectivity index (χ3v) is 7.76. The predicted octanol–water partition coefficient (Wildman–Crippen LogP) is 5.97. The van der Waals surface area contributed by atoms with Gasteiger partial charge in [-0.1, -0.05) is 87.9 Å². The summed E-state index contributed by atoms with van der Waals surface area (Å²) in [4.78, 5) is 57.0. The van der Waals surface area contributed by atoms with Gasteiger partial charge in [0.2, 0.25) is 11.8 Å². The van der Waals surface area contributed by atoms with Crippen molar-refractivity contribution in [3.8, 4) is 0 Å². The Morgan fingerprint density at radius 2 is 1.40 bits per heavy atom. The van der Waals surface area contributed by atoms with Gasteiger partial charge in [0.1, 0.15) is 29.3 Å². The summed E-state index contributed by atoms with van der Waals surface area (Å²) in [7, 11) is 0. The van der Waals surface area contributed by atoms with Gasteiger partial charge in [0.25, 0.3) is 0 Å². The number of nitrogens with zero attached hydrogens (tertiary/aromatic N) is 1. The second-order valence-corrected chi connectivity index (χ2v) is 14.1. The molecule has 9 heteroatoms. The van der Waals surface area contributed by atoms with Gasteiger partial charge in [0, 0.05) is 12.5 Å². The molecule has 0 aliphatic heterocycles. The zero-order valence-electron chi connectivity index (χ0n) is 28.3. The first kappa shape index (κ1) is 35.6. The fourth-order valence-corrected chi connectivity index (χ4v) is 5.19. The monoisotopic (exact) mass is 621 g/mol. The molecule has 1 fully saturated rings. The number of alkyl carbamates (subject to hydrolysis) is 1. The maximum absolute atomic E-state index is 14.6. The molecule has 2 aromatic carbocycles. The lowest BCUT2D eigenvalue weighted by molar-refractivity contribution is -0.159. The summed E-state index contributed by atoms with van der Waals surface area (Å²) >= 11 is 0. The van der Waals surface area contributed by atoms with Gasteiger partial charge in [-0.3, -0.25) is 9.59 Å². The van der Waals surface area contributed by atoms with Crippen molar-refractivity contribution < 1.29 is 28.7 Å². The first-order chi connectivity index (χ1) is 21.0. The van der Waals surface area contributed by atoms with Gasteiger partial charge in [0.05, 0.1) is 0 Å². The highest BCUT2D eigenvalue weighted by Crippen LogP contribution is 2.41. The van der Waals surface area contributed by atoms with Crippen LogP contribution < -0.4 is 10.6 Å². The molecule has 0 spiro atoms. The number of hydrogen-bond acceptors (Lipinski definition) is 6. The number of ether oxygens (including phenoxy) is 2. The van der Waals surface area contributed by atoms with E-state index in [9.17, 15) is 19.2 Å². The lowest BCUT2D eigenvalue weighted by Gasteiger charge is -2.37. The van der Waals surface area contributed by atoms with E-state index in [4.69, 9.17) is 9.47 Å². The minimum absolute atomic E-state index is 0.151. The van der Waals surface area contributed by atoms with Crippen molar-refractivity contribution in [1.82, 2.24) is 15.5 Å². The van der Waals surface area contributed by atoms with E-state index in [-0.39, 0.29) is 30.2 Å². The van der Waals surface area contributed by atoms with Crippen LogP contribution in [0.2, 0.25) is 0 Å². The Morgan fingerprint density at radius 1 is 0.867 bits per heavy atom. The fourth-order valence-electron chi connectivity index (χ4n) is 5.19. The Hall–Kier alpha value is -3.88. The fraction of sp³-hybridized carbons (Fsp3) is 0.556. The molecule has 0 radical (unpaired) electrons. The van der Waals surface area contributed by atoms with Crippen molar-refractivity contribution in [2.24, 2.45) is 11.8 Å². The molecule has 3 amide bonds. The molecule has 1 aliphatic carbocycles. The Bertz CT molecular complexity index is 1300. The summed E-state index contributed by atoms with van der Waals surface area (Å²) in [6.07, 6.45) is 0.840. The van der Waals surface area contributed by atoms with Crippen LogP contribution in [0.5, 0.6) is 0 Å². The Balaban J connectivity index is 2.04. The highest BCUT2D eigenvalue weighted by atomic mass is 16.6. The van der Waals surface area contributed by atoms with Crippen LogP contribution in [0.1, 0.15) is 92.3 Å². The number of amides is 3. The molecule has 6 unspecified atom stereocenters. The number of esters is 1. The quantitative estimate of drug-likeness (QED) is 0.282. The smallest absolute Gasteiger partial charge is 0.408 e. The van der Waals surface area contributed by atoms with E-state index in [0.29, 0.717) is 18.4 Å². The molecule has 1 aliphatic rings. The molecule has 45 heavy (non-hydrogen) atoms. The molecular formula is C36H51N3O6. The second kappa shape index (κ2) is 14.9. The van der Waals surface area contributed by atoms with Crippen LogP contribution in [0.4, 0.5) is 4.79 Å². The van der Waals surface area contributed by atoms with Crippen molar-refractivity contribution in [2.45, 2.75) is 117 Å². The molecule has 0 bridgehead atoms. The molecule has 246 valence electrons. The van der Waals surface area contributed by atoms with Crippen LogP contribution in [0.25, 0.3) is 0 Å². The highest BCUT2D eigenvalue weighted by Gasteiger charge is 2.49. The molecule has 6 atom stereocenters. The first-order valence-corrected chi connectivity index (χ1v) is 15.9. The zero-order valence-corrected chi connectivity index (χ0v) is 28.3. The number of benzene rings is 2. The summed E-state index contributed by atoms with van der Waals surface area (Å²) in [5, 5.41) is 5.76. The van der Waals surface area contributed by atoms with Crippen molar-refractivity contribution in [3.63, 3.8) is 0 Å². The number of rotatable bonds is 12. The summed E-state index contributed by atoms with van der Waals surface area (Å²) in [5.74, 6) is -1.52. The Labute approximate surface area is 268 Å². The van der Waals surface area contributed by atoms with Crippen molar-refractivity contribution in [1.29, 1.82) is 0 Å². The lowest BCUT2D eigenvalue weighted by Crippen LogP contribution is -2.57. The van der Waals surface area contributed by atoms with Crippen molar-refractivity contribution in [3.05, 3.63) is 71.8 Å². The Morgan fingerprint density at radius 3 is 1.89 bits per heavy atom. The van der Waals surface area contributed by atoms with Gasteiger partial charge in [-0.2, -0.15) is 0 Å². The van der Waals surface area contributed by atoms with Crippen LogP contribution in [0, 0.1) is 11.8 Å². The van der Waals surface area contributed by atoms with Gasteiger partial charge < -0.3 is 25.0 Å². The van der Waals surface area contributed by atoms with E-state index < -0.39 is 47.3 Å². The SMILES string of the molecule is CCC(C)C(NC(=O)OC(C)(C)C)C(=O)N(C(C(=O)NC(Cc1ccccc1)C(=O)OC(C)(C)C)c1ccccc1)C1CC1C. The maximum Gasteiger partial charge on any atom is 0.408 e. The number of hydrogen-bond donors (Lipinski definition) is 2. The third-order valence-electron chi connectivity index (χ3n) is 7.76. The van der Waals surface area contributed by atoms with E-state index in [1.807, 2.05) is 69.3 Å². The molecule has 2 aromatic rings. The lowest BCUT2D eigenvalue weighted by atomic mass is 9.95. The summed E-state index contributed by atoms with van der Waals surface area (Å²) < 4.78 is 11.2. The normalized spacial score (nSPS) is 18.9. The standard InChI is InChI=1S/C36H51N3O6/c1-10-23(2)29(38-34(43)45-36(7,8)9)32(41)39(28-21-24(28)3)30(26-19-15-12-16-20-26)31(40)37-27(33(42)44-35(4,5)6)22-25-17-13-11-14-18-25/h11-20,23-24,27-30H,10,21-22H2,1-9H3,(H,37,40)(H,38,43). The van der Waals surface area contributed by atoms with Crippen molar-refractivity contribution in [2.75, 3.05) is 0 Å². The van der Waals surface area contributed by atoms with Gasteiger partial charge in [0.15, 0.2) is 0 Å². The van der Waals surface area contributed by atoms with E-state index in [2.05, 4.69) is 10.6 Å². The first-order valence-electron chi connectivity index (χ1n) is 15.9. The van der Waals surface area contributed by atoms with E-state index in [1.165, 1.54) is 0 Å². The van der Waals surface area contributed by atoms with E-state index in [1.54, 1.807) is 58.6 Å². The predicted molar refractivity (Wildman–Crippen MR) is 174 cm³/mol. The largest absolute Gasteiger partial charge is 0.458 e. The zero-order chi connectivity index (χ0) is 33.5. The molecule has 9 nitrogen and oxygen atoms in total. The number of nitrogens with one attached hydrogen (secondary N) is 2. The van der Waals surface area contributed by atoms with Crippen LogP contribution in [-0.4, -0.2) is 58.1 Å². The van der Waals surface area contributed by atoms with Crippen molar-refractivity contribution >= 4 is 23.9 Å². The average Bonchev–Trinajstić information content (AvgIpc) is 3.67. The second-order valence-electron chi connectivity index (χ2n) is 14.1. The molecule has 0 heterocycles. The number of carbonyl (C=O) groups is 4. The molecule has 2 N–H and O–H groups in total. The molecule has 0 aromatic heterocycles. The molecular weight excluding hydrogens is 570 g/mol. The summed E-state index contributed by atoms with van der Waals surface area (Å²) in [5.41, 5.74) is -0.0604. The van der Waals surface area contributed by atoms with Crippen LogP contribution in [0.15, 0.2) is 60.7 Å². The maximum atomic E-state index is 14.6. The van der Waals surface area contributed by atoms with Gasteiger partial charge in [-0.15, -0.1) is 0 Å². The average molecular weight is 622 g/mol. The number of carbonyl (C=O) groups excluding carboxylic acids is 4. The molecule has 1 saturated carbocycles. The Kier molecular flexibility index (Phi) is 11.8. The van der Waals surface area contributed by atoms with Crippen LogP contribution in [0.3, 0.4) is 0 Å². The minimum atomic E-state index is -1.05. The molecule has 0 saturated heterocycles. The third kappa shape index (κ3) is 10.6. The van der Waals surface area contributed by atoms with Gasteiger partial charge >= 0.3 is 12.1 Å². The van der Waals surface area contributed by atoms with Crippen LogP contribution in [-0.2, 0) is 30.3 Å². The topological polar surface area (TPSA) is 114 Å². The van der Waals surface area contributed by atoms with Gasteiger partial charge in [-0.25, -0.2) is 9.59 Å². The molecule has 3 rings (SSSR count). The van der Waals surface area contributed by atoms with E-state index >= 15 is 0 Å². The minimum Gasteiger partial charge on any atom is -0.458 e. The highest BCUT2D eigenvalue weighted by molar-refractivity contribution is 5.94. The van der Waals surface area contributed by atoms with E-state index in [0.717, 1.165) is 5.56 Å².